The lowest BCUT2D eigenvalue weighted by atomic mass is 9.97. The smallest absolute Gasteiger partial charge is 0.303 e. The number of carbonyl (C=O) groups is 6. The van der Waals surface area contributed by atoms with Crippen molar-refractivity contribution in [1.29, 1.82) is 0 Å². The first-order valence-corrected chi connectivity index (χ1v) is 11.9. The molecule has 2 aliphatic rings. The van der Waals surface area contributed by atoms with E-state index in [9.17, 15) is 28.8 Å². The summed E-state index contributed by atoms with van der Waals surface area (Å²) in [5, 5.41) is 0. The number of ether oxygens (including phenoxy) is 9. The molecule has 2 heterocycles. The van der Waals surface area contributed by atoms with Gasteiger partial charge in [0.15, 0.2) is 36.8 Å². The van der Waals surface area contributed by atoms with E-state index in [1.54, 1.807) is 0 Å². The SMILES string of the molecule is CC(=O)OC[C@@H]1O[C@H](O[C@@H]2[C@@H](OC(C)=O)C=CO[C@@H]2COC(C)=O)[C@@H](OC(C)=O)[C@H](OC(C)=O)[C@H]1OC(C)=O. The highest BCUT2D eigenvalue weighted by atomic mass is 16.7. The van der Waals surface area contributed by atoms with Gasteiger partial charge in [-0.2, -0.15) is 0 Å². The number of esters is 6. The van der Waals surface area contributed by atoms with Crippen molar-refractivity contribution in [3.05, 3.63) is 12.3 Å². The fourth-order valence-corrected chi connectivity index (χ4v) is 3.87. The third kappa shape index (κ3) is 9.83. The normalized spacial score (nSPS) is 29.7. The Labute approximate surface area is 223 Å². The van der Waals surface area contributed by atoms with E-state index in [1.165, 1.54) is 19.3 Å². The zero-order chi connectivity index (χ0) is 29.3. The van der Waals surface area contributed by atoms with Crippen LogP contribution in [0.1, 0.15) is 41.5 Å². The molecule has 0 aromatic rings. The van der Waals surface area contributed by atoms with Crippen LogP contribution in [0.25, 0.3) is 0 Å². The molecule has 0 saturated carbocycles. The second kappa shape index (κ2) is 14.4. The molecule has 0 bridgehead atoms. The molecule has 0 aromatic heterocycles. The van der Waals surface area contributed by atoms with E-state index in [4.69, 9.17) is 42.6 Å². The molecule has 0 unspecified atom stereocenters. The topological polar surface area (TPSA) is 185 Å². The molecule has 15 heteroatoms. The van der Waals surface area contributed by atoms with Crippen LogP contribution in [-0.4, -0.2) is 98.0 Å². The minimum absolute atomic E-state index is 0.326. The van der Waals surface area contributed by atoms with Gasteiger partial charge in [-0.3, -0.25) is 28.8 Å². The Morgan fingerprint density at radius 2 is 1.08 bits per heavy atom. The molecule has 2 aliphatic heterocycles. The van der Waals surface area contributed by atoms with Crippen molar-refractivity contribution >= 4 is 35.8 Å². The van der Waals surface area contributed by atoms with Gasteiger partial charge in [-0.05, 0) is 6.08 Å². The van der Waals surface area contributed by atoms with Gasteiger partial charge in [-0.15, -0.1) is 0 Å². The zero-order valence-electron chi connectivity index (χ0n) is 22.3. The van der Waals surface area contributed by atoms with Crippen LogP contribution in [0, 0.1) is 0 Å². The van der Waals surface area contributed by atoms with Crippen LogP contribution < -0.4 is 0 Å². The molecule has 0 N–H and O–H groups in total. The molecular weight excluding hydrogens is 528 g/mol. The molecule has 0 aromatic carbocycles. The standard InChI is InChI=1S/C24H32O15/c1-11(25)32-9-18-20(17(7-8-31-18)34-13(3)27)39-24-23(37-16(6)30)22(36-15(5)29)21(35-14(4)28)19(38-24)10-33-12(2)26/h7-8,17-24H,9-10H2,1-6H3/t17-,18+,19-,20+,21-,22+,23-,24+/m0/s1. The summed E-state index contributed by atoms with van der Waals surface area (Å²) in [7, 11) is 0. The van der Waals surface area contributed by atoms with Gasteiger partial charge in [0.1, 0.15) is 25.4 Å². The van der Waals surface area contributed by atoms with Gasteiger partial charge in [-0.1, -0.05) is 0 Å². The average molecular weight is 561 g/mol. The highest BCUT2D eigenvalue weighted by molar-refractivity contribution is 5.69. The predicted molar refractivity (Wildman–Crippen MR) is 123 cm³/mol. The van der Waals surface area contributed by atoms with E-state index < -0.39 is 91.4 Å². The lowest BCUT2D eigenvalue weighted by Crippen LogP contribution is -2.64. The fourth-order valence-electron chi connectivity index (χ4n) is 3.87. The molecule has 1 saturated heterocycles. The second-order valence-electron chi connectivity index (χ2n) is 8.55. The van der Waals surface area contributed by atoms with Gasteiger partial charge >= 0.3 is 35.8 Å². The number of hydrogen-bond acceptors (Lipinski definition) is 15. The van der Waals surface area contributed by atoms with Gasteiger partial charge in [0.05, 0.1) is 6.26 Å². The average Bonchev–Trinajstić information content (AvgIpc) is 2.80. The largest absolute Gasteiger partial charge is 0.492 e. The molecule has 2 rings (SSSR count). The highest BCUT2D eigenvalue weighted by Gasteiger charge is 2.54. The molecule has 1 fully saturated rings. The molecule has 0 amide bonds. The summed E-state index contributed by atoms with van der Waals surface area (Å²) < 4.78 is 49.0. The monoisotopic (exact) mass is 560 g/mol. The third-order valence-electron chi connectivity index (χ3n) is 5.20. The van der Waals surface area contributed by atoms with E-state index in [0.717, 1.165) is 34.6 Å². The lowest BCUT2D eigenvalue weighted by molar-refractivity contribution is -0.328. The first-order chi connectivity index (χ1) is 18.3. The summed E-state index contributed by atoms with van der Waals surface area (Å²) in [5.74, 6) is -4.43. The van der Waals surface area contributed by atoms with Gasteiger partial charge < -0.3 is 42.6 Å². The van der Waals surface area contributed by atoms with Crippen LogP contribution in [0.2, 0.25) is 0 Å². The number of carbonyl (C=O) groups excluding carboxylic acids is 6. The third-order valence-corrected chi connectivity index (χ3v) is 5.20. The molecule has 0 spiro atoms. The minimum atomic E-state index is -1.58. The van der Waals surface area contributed by atoms with Crippen LogP contribution in [0.4, 0.5) is 0 Å². The van der Waals surface area contributed by atoms with E-state index in [2.05, 4.69) is 0 Å². The van der Waals surface area contributed by atoms with Crippen molar-refractivity contribution < 1.29 is 71.4 Å². The van der Waals surface area contributed by atoms with E-state index >= 15 is 0 Å². The Morgan fingerprint density at radius 3 is 1.59 bits per heavy atom. The van der Waals surface area contributed by atoms with Crippen LogP contribution in [0.15, 0.2) is 12.3 Å². The van der Waals surface area contributed by atoms with Crippen molar-refractivity contribution in [2.45, 2.75) is 90.6 Å². The first kappa shape index (κ1) is 31.5. The van der Waals surface area contributed by atoms with Crippen molar-refractivity contribution in [2.75, 3.05) is 13.2 Å². The van der Waals surface area contributed by atoms with Crippen molar-refractivity contribution in [3.8, 4) is 0 Å². The lowest BCUT2D eigenvalue weighted by Gasteiger charge is -2.46. The van der Waals surface area contributed by atoms with Crippen molar-refractivity contribution in [1.82, 2.24) is 0 Å². The Hall–Kier alpha value is -3.72. The summed E-state index contributed by atoms with van der Waals surface area (Å²) in [6.45, 7) is 5.92. The van der Waals surface area contributed by atoms with E-state index in [1.807, 2.05) is 0 Å². The highest BCUT2D eigenvalue weighted by Crippen LogP contribution is 2.32. The molecular formula is C24H32O15. The second-order valence-corrected chi connectivity index (χ2v) is 8.55. The maximum absolute atomic E-state index is 12.0. The summed E-state index contributed by atoms with van der Waals surface area (Å²) >= 11 is 0. The predicted octanol–water partition coefficient (Wildman–Crippen LogP) is -0.138. The summed E-state index contributed by atoms with van der Waals surface area (Å²) in [5.41, 5.74) is 0. The van der Waals surface area contributed by atoms with Crippen LogP contribution in [0.3, 0.4) is 0 Å². The van der Waals surface area contributed by atoms with Crippen LogP contribution in [0.5, 0.6) is 0 Å². The van der Waals surface area contributed by atoms with Gasteiger partial charge in [-0.25, -0.2) is 0 Å². The molecule has 0 radical (unpaired) electrons. The summed E-state index contributed by atoms with van der Waals surface area (Å²) in [6, 6.07) is 0. The van der Waals surface area contributed by atoms with E-state index in [-0.39, 0.29) is 6.61 Å². The number of rotatable bonds is 10. The Bertz CT molecular complexity index is 959. The van der Waals surface area contributed by atoms with E-state index in [0.29, 0.717) is 0 Å². The zero-order valence-corrected chi connectivity index (χ0v) is 22.3. The molecule has 0 aliphatic carbocycles. The number of hydrogen-bond donors (Lipinski definition) is 0. The first-order valence-electron chi connectivity index (χ1n) is 11.9. The van der Waals surface area contributed by atoms with Gasteiger partial charge in [0, 0.05) is 41.5 Å². The molecule has 39 heavy (non-hydrogen) atoms. The Kier molecular flexibility index (Phi) is 11.7. The van der Waals surface area contributed by atoms with Crippen LogP contribution >= 0.6 is 0 Å². The Morgan fingerprint density at radius 1 is 0.590 bits per heavy atom. The maximum Gasteiger partial charge on any atom is 0.303 e. The van der Waals surface area contributed by atoms with Crippen molar-refractivity contribution in [3.63, 3.8) is 0 Å². The fraction of sp³-hybridized carbons (Fsp3) is 0.667. The van der Waals surface area contributed by atoms with Gasteiger partial charge in [0.25, 0.3) is 0 Å². The van der Waals surface area contributed by atoms with Crippen molar-refractivity contribution in [2.24, 2.45) is 0 Å². The maximum atomic E-state index is 12.0. The summed E-state index contributed by atoms with van der Waals surface area (Å²) in [4.78, 5) is 70.6. The minimum Gasteiger partial charge on any atom is -0.492 e. The van der Waals surface area contributed by atoms with Gasteiger partial charge in [0.2, 0.25) is 0 Å². The summed E-state index contributed by atoms with van der Waals surface area (Å²) in [6.07, 6.45) is -7.97. The molecule has 8 atom stereocenters. The van der Waals surface area contributed by atoms with Crippen LogP contribution in [-0.2, 0) is 71.4 Å². The molecule has 218 valence electrons. The molecule has 15 nitrogen and oxygen atoms in total. The quantitative estimate of drug-likeness (QED) is 0.254. The Balaban J connectivity index is 2.52.